The normalized spacial score (nSPS) is 11.1. The van der Waals surface area contributed by atoms with Crippen molar-refractivity contribution in [3.63, 3.8) is 0 Å². The van der Waals surface area contributed by atoms with Crippen molar-refractivity contribution in [3.8, 4) is 0 Å². The van der Waals surface area contributed by atoms with E-state index < -0.39 is 22.0 Å². The van der Waals surface area contributed by atoms with Crippen LogP contribution in [0.3, 0.4) is 0 Å². The van der Waals surface area contributed by atoms with Crippen molar-refractivity contribution in [2.75, 3.05) is 13.7 Å². The van der Waals surface area contributed by atoms with Gasteiger partial charge in [0.2, 0.25) is 10.0 Å². The molecule has 0 amide bonds. The lowest BCUT2D eigenvalue weighted by molar-refractivity contribution is -0.140. The highest BCUT2D eigenvalue weighted by Crippen LogP contribution is 2.22. The summed E-state index contributed by atoms with van der Waals surface area (Å²) >= 11 is 5.75. The van der Waals surface area contributed by atoms with Gasteiger partial charge in [-0.05, 0) is 18.2 Å². The Morgan fingerprint density at radius 2 is 2.05 bits per heavy atom. The molecule has 0 aromatic heterocycles. The van der Waals surface area contributed by atoms with Crippen molar-refractivity contribution < 1.29 is 27.9 Å². The van der Waals surface area contributed by atoms with Crippen LogP contribution in [0.1, 0.15) is 16.8 Å². The third-order valence-corrected chi connectivity index (χ3v) is 4.26. The number of ether oxygens (including phenoxy) is 1. The molecule has 0 aliphatic heterocycles. The van der Waals surface area contributed by atoms with Crippen LogP contribution in [0, 0.1) is 0 Å². The van der Waals surface area contributed by atoms with E-state index in [4.69, 9.17) is 16.7 Å². The lowest BCUT2D eigenvalue weighted by Crippen LogP contribution is -2.27. The minimum Gasteiger partial charge on any atom is -0.478 e. The molecule has 0 radical (unpaired) electrons. The minimum absolute atomic E-state index is 0.111. The number of carbonyl (C=O) groups excluding carboxylic acids is 1. The predicted octanol–water partition coefficient (Wildman–Crippen LogP) is 0.880. The predicted molar refractivity (Wildman–Crippen MR) is 70.2 cm³/mol. The molecular formula is C11H12ClNO6S. The zero-order valence-electron chi connectivity index (χ0n) is 10.4. The Balaban J connectivity index is 2.94. The molecule has 0 saturated heterocycles. The minimum atomic E-state index is -4.00. The number of carboxylic acids is 1. The Morgan fingerprint density at radius 1 is 1.40 bits per heavy atom. The quantitative estimate of drug-likeness (QED) is 0.753. The van der Waals surface area contributed by atoms with Gasteiger partial charge in [-0.3, -0.25) is 4.79 Å². The van der Waals surface area contributed by atoms with E-state index in [2.05, 4.69) is 9.46 Å². The van der Waals surface area contributed by atoms with E-state index in [0.717, 1.165) is 6.07 Å². The van der Waals surface area contributed by atoms with Crippen LogP contribution < -0.4 is 4.72 Å². The molecule has 0 saturated carbocycles. The molecular weight excluding hydrogens is 310 g/mol. The van der Waals surface area contributed by atoms with Crippen molar-refractivity contribution in [1.29, 1.82) is 0 Å². The van der Waals surface area contributed by atoms with E-state index in [1.54, 1.807) is 0 Å². The van der Waals surface area contributed by atoms with Crippen molar-refractivity contribution >= 4 is 33.6 Å². The number of sulfonamides is 1. The maximum Gasteiger partial charge on any atom is 0.335 e. The summed E-state index contributed by atoms with van der Waals surface area (Å²) < 4.78 is 30.4. The molecule has 0 bridgehead atoms. The number of nitrogens with one attached hydrogen (secondary N) is 1. The average molecular weight is 322 g/mol. The van der Waals surface area contributed by atoms with Crippen LogP contribution in [0.5, 0.6) is 0 Å². The second-order valence-electron chi connectivity index (χ2n) is 3.67. The van der Waals surface area contributed by atoms with Crippen LogP contribution in [-0.4, -0.2) is 39.1 Å². The Bertz CT molecular complexity index is 628. The maximum atomic E-state index is 12.0. The third kappa shape index (κ3) is 4.19. The second kappa shape index (κ2) is 6.69. The molecule has 0 atom stereocenters. The maximum absolute atomic E-state index is 12.0. The summed E-state index contributed by atoms with van der Waals surface area (Å²) in [4.78, 5) is 21.3. The fourth-order valence-electron chi connectivity index (χ4n) is 1.31. The van der Waals surface area contributed by atoms with Gasteiger partial charge in [-0.25, -0.2) is 17.9 Å². The van der Waals surface area contributed by atoms with Gasteiger partial charge >= 0.3 is 11.9 Å². The summed E-state index contributed by atoms with van der Waals surface area (Å²) in [6.45, 7) is -0.178. The standard InChI is InChI=1S/C11H12ClNO6S/c1-19-10(14)4-5-13-20(17,18)9-6-7(11(15)16)2-3-8(9)12/h2-3,6,13H,4-5H2,1H3,(H,15,16). The molecule has 7 nitrogen and oxygen atoms in total. The molecule has 9 heteroatoms. The summed E-state index contributed by atoms with van der Waals surface area (Å²) in [5.41, 5.74) is -0.206. The first-order valence-corrected chi connectivity index (χ1v) is 7.23. The number of carbonyl (C=O) groups is 2. The van der Waals surface area contributed by atoms with Gasteiger partial charge in [0, 0.05) is 6.54 Å². The summed E-state index contributed by atoms with van der Waals surface area (Å²) in [5.74, 6) is -1.84. The lowest BCUT2D eigenvalue weighted by Gasteiger charge is -2.08. The average Bonchev–Trinajstić information content (AvgIpc) is 2.38. The number of carboxylic acid groups (broad SMARTS) is 1. The van der Waals surface area contributed by atoms with Crippen LogP contribution in [-0.2, 0) is 19.6 Å². The summed E-state index contributed by atoms with van der Waals surface area (Å²) in [7, 11) is -2.82. The largest absolute Gasteiger partial charge is 0.478 e. The number of benzene rings is 1. The van der Waals surface area contributed by atoms with Crippen LogP contribution in [0.4, 0.5) is 0 Å². The monoisotopic (exact) mass is 321 g/mol. The van der Waals surface area contributed by atoms with Gasteiger partial charge in [0.25, 0.3) is 0 Å². The molecule has 20 heavy (non-hydrogen) atoms. The highest BCUT2D eigenvalue weighted by atomic mass is 35.5. The number of methoxy groups -OCH3 is 1. The number of aromatic carboxylic acids is 1. The van der Waals surface area contributed by atoms with Crippen LogP contribution in [0.15, 0.2) is 23.1 Å². The SMILES string of the molecule is COC(=O)CCNS(=O)(=O)c1cc(C(=O)O)ccc1Cl. The van der Waals surface area contributed by atoms with Gasteiger partial charge in [-0.1, -0.05) is 11.6 Å². The van der Waals surface area contributed by atoms with Crippen LogP contribution in [0.25, 0.3) is 0 Å². The Labute approximate surface area is 120 Å². The topological polar surface area (TPSA) is 110 Å². The highest BCUT2D eigenvalue weighted by Gasteiger charge is 2.20. The van der Waals surface area contributed by atoms with Gasteiger partial charge in [0.05, 0.1) is 24.1 Å². The van der Waals surface area contributed by atoms with Gasteiger partial charge in [0.15, 0.2) is 0 Å². The number of hydrogen-bond acceptors (Lipinski definition) is 5. The number of halogens is 1. The van der Waals surface area contributed by atoms with E-state index in [-0.39, 0.29) is 28.4 Å². The Morgan fingerprint density at radius 3 is 2.60 bits per heavy atom. The number of hydrogen-bond donors (Lipinski definition) is 2. The van der Waals surface area contributed by atoms with Crippen LogP contribution in [0.2, 0.25) is 5.02 Å². The zero-order valence-corrected chi connectivity index (χ0v) is 12.0. The molecule has 1 aromatic rings. The van der Waals surface area contributed by atoms with Gasteiger partial charge in [-0.2, -0.15) is 0 Å². The molecule has 110 valence electrons. The van der Waals surface area contributed by atoms with E-state index in [9.17, 15) is 18.0 Å². The number of esters is 1. The van der Waals surface area contributed by atoms with E-state index >= 15 is 0 Å². The van der Waals surface area contributed by atoms with Crippen molar-refractivity contribution in [3.05, 3.63) is 28.8 Å². The molecule has 0 spiro atoms. The molecule has 1 aromatic carbocycles. The zero-order chi connectivity index (χ0) is 15.3. The molecule has 0 aliphatic rings. The third-order valence-electron chi connectivity index (χ3n) is 2.32. The summed E-state index contributed by atoms with van der Waals surface area (Å²) in [5, 5.41) is 8.72. The molecule has 0 heterocycles. The van der Waals surface area contributed by atoms with Gasteiger partial charge in [-0.15, -0.1) is 0 Å². The first-order chi connectivity index (χ1) is 9.27. The van der Waals surface area contributed by atoms with E-state index in [1.807, 2.05) is 0 Å². The van der Waals surface area contributed by atoms with Crippen molar-refractivity contribution in [2.24, 2.45) is 0 Å². The molecule has 0 unspecified atom stereocenters. The highest BCUT2D eigenvalue weighted by molar-refractivity contribution is 7.89. The fourth-order valence-corrected chi connectivity index (χ4v) is 2.87. The fraction of sp³-hybridized carbons (Fsp3) is 0.273. The molecule has 0 aliphatic carbocycles. The molecule has 1 rings (SSSR count). The van der Waals surface area contributed by atoms with Crippen LogP contribution >= 0.6 is 11.6 Å². The number of rotatable bonds is 6. The summed E-state index contributed by atoms with van der Waals surface area (Å²) in [6.07, 6.45) is -0.147. The smallest absolute Gasteiger partial charge is 0.335 e. The summed E-state index contributed by atoms with van der Waals surface area (Å²) in [6, 6.07) is 3.32. The first kappa shape index (κ1) is 16.4. The van der Waals surface area contributed by atoms with Gasteiger partial charge in [0.1, 0.15) is 4.90 Å². The van der Waals surface area contributed by atoms with Crippen molar-refractivity contribution in [1.82, 2.24) is 4.72 Å². The second-order valence-corrected chi connectivity index (χ2v) is 5.82. The molecule has 0 fully saturated rings. The van der Waals surface area contributed by atoms with Gasteiger partial charge < -0.3 is 9.84 Å². The molecule has 2 N–H and O–H groups in total. The van der Waals surface area contributed by atoms with E-state index in [1.165, 1.54) is 19.2 Å². The Kier molecular flexibility index (Phi) is 5.49. The van der Waals surface area contributed by atoms with Crippen molar-refractivity contribution in [2.45, 2.75) is 11.3 Å². The lowest BCUT2D eigenvalue weighted by atomic mass is 10.2. The Hall–Kier alpha value is -1.64. The first-order valence-electron chi connectivity index (χ1n) is 5.37. The van der Waals surface area contributed by atoms with E-state index in [0.29, 0.717) is 0 Å².